The van der Waals surface area contributed by atoms with Gasteiger partial charge >= 0.3 is 0 Å². The Morgan fingerprint density at radius 3 is 2.32 bits per heavy atom. The summed E-state index contributed by atoms with van der Waals surface area (Å²) in [6.07, 6.45) is 2.69. The monoisotopic (exact) mass is 549 g/mol. The van der Waals surface area contributed by atoms with Crippen molar-refractivity contribution in [1.29, 1.82) is 0 Å². The molecule has 0 saturated carbocycles. The standard InChI is InChI=1S/C21H25Cl2N3O6S2/c1-33(28,29)26(19-6-4-5-18(22)21(19)23)15-20(27)24-11-14-32-16-7-9-17(10-8-16)34(30,31)25-12-2-3-13-25/h4-10H,2-3,11-15H2,1H3,(H,24,27). The summed E-state index contributed by atoms with van der Waals surface area (Å²) in [5.41, 5.74) is 0.104. The maximum atomic E-state index is 12.6. The van der Waals surface area contributed by atoms with Crippen molar-refractivity contribution < 1.29 is 26.4 Å². The van der Waals surface area contributed by atoms with Crippen molar-refractivity contribution in [1.82, 2.24) is 9.62 Å². The molecule has 2 aromatic rings. The molecule has 1 saturated heterocycles. The summed E-state index contributed by atoms with van der Waals surface area (Å²) in [7, 11) is -7.30. The molecule has 0 aliphatic carbocycles. The van der Waals surface area contributed by atoms with Crippen LogP contribution in [-0.2, 0) is 24.8 Å². The predicted molar refractivity (Wildman–Crippen MR) is 132 cm³/mol. The molecule has 186 valence electrons. The first-order valence-corrected chi connectivity index (χ1v) is 14.5. The number of amides is 1. The number of nitrogens with one attached hydrogen (secondary N) is 1. The zero-order valence-electron chi connectivity index (χ0n) is 18.4. The second-order valence-corrected chi connectivity index (χ2v) is 12.3. The maximum absolute atomic E-state index is 12.6. The summed E-state index contributed by atoms with van der Waals surface area (Å²) in [5, 5.41) is 2.78. The minimum absolute atomic E-state index is 0.0286. The van der Waals surface area contributed by atoms with Crippen LogP contribution in [-0.4, -0.2) is 66.1 Å². The van der Waals surface area contributed by atoms with Crippen LogP contribution in [0.25, 0.3) is 0 Å². The molecule has 1 aliphatic heterocycles. The Kier molecular flexibility index (Phi) is 8.69. The van der Waals surface area contributed by atoms with Gasteiger partial charge < -0.3 is 10.1 Å². The predicted octanol–water partition coefficient (Wildman–Crippen LogP) is 2.74. The van der Waals surface area contributed by atoms with Gasteiger partial charge in [-0.1, -0.05) is 29.3 Å². The number of carbonyl (C=O) groups excluding carboxylic acids is 1. The molecular formula is C21H25Cl2N3O6S2. The summed E-state index contributed by atoms with van der Waals surface area (Å²) in [6, 6.07) is 10.6. The molecule has 1 N–H and O–H groups in total. The second kappa shape index (κ2) is 11.1. The first kappa shape index (κ1) is 26.6. The van der Waals surface area contributed by atoms with Crippen LogP contribution in [0, 0.1) is 0 Å². The minimum Gasteiger partial charge on any atom is -0.492 e. The molecule has 0 bridgehead atoms. The van der Waals surface area contributed by atoms with Crippen LogP contribution in [0.1, 0.15) is 12.8 Å². The van der Waals surface area contributed by atoms with E-state index in [1.54, 1.807) is 12.1 Å². The largest absolute Gasteiger partial charge is 0.492 e. The molecule has 34 heavy (non-hydrogen) atoms. The summed E-state index contributed by atoms with van der Waals surface area (Å²) in [4.78, 5) is 12.5. The highest BCUT2D eigenvalue weighted by atomic mass is 35.5. The summed E-state index contributed by atoms with van der Waals surface area (Å²) in [5.74, 6) is -0.116. The van der Waals surface area contributed by atoms with E-state index in [0.29, 0.717) is 18.8 Å². The van der Waals surface area contributed by atoms with E-state index < -0.39 is 32.5 Å². The van der Waals surface area contributed by atoms with E-state index in [0.717, 1.165) is 23.4 Å². The van der Waals surface area contributed by atoms with Gasteiger partial charge in [-0.05, 0) is 49.2 Å². The number of sulfonamides is 2. The van der Waals surface area contributed by atoms with Crippen LogP contribution in [0.3, 0.4) is 0 Å². The molecule has 0 radical (unpaired) electrons. The summed E-state index contributed by atoms with van der Waals surface area (Å²) >= 11 is 12.1. The van der Waals surface area contributed by atoms with Crippen molar-refractivity contribution in [2.45, 2.75) is 17.7 Å². The number of benzene rings is 2. The van der Waals surface area contributed by atoms with Crippen molar-refractivity contribution in [3.63, 3.8) is 0 Å². The first-order chi connectivity index (χ1) is 16.0. The fourth-order valence-electron chi connectivity index (χ4n) is 3.40. The summed E-state index contributed by atoms with van der Waals surface area (Å²) < 4.78 is 57.4. The van der Waals surface area contributed by atoms with E-state index in [-0.39, 0.29) is 33.8 Å². The lowest BCUT2D eigenvalue weighted by molar-refractivity contribution is -0.119. The average Bonchev–Trinajstić information content (AvgIpc) is 3.33. The lowest BCUT2D eigenvalue weighted by atomic mass is 10.3. The van der Waals surface area contributed by atoms with Crippen LogP contribution in [0.4, 0.5) is 5.69 Å². The molecule has 2 aromatic carbocycles. The van der Waals surface area contributed by atoms with Crippen molar-refractivity contribution >= 4 is 54.8 Å². The molecular weight excluding hydrogens is 525 g/mol. The van der Waals surface area contributed by atoms with E-state index in [2.05, 4.69) is 5.32 Å². The van der Waals surface area contributed by atoms with Gasteiger partial charge in [-0.3, -0.25) is 9.10 Å². The van der Waals surface area contributed by atoms with Crippen molar-refractivity contribution in [3.8, 4) is 5.75 Å². The van der Waals surface area contributed by atoms with Crippen molar-refractivity contribution in [2.75, 3.05) is 43.3 Å². The number of hydrogen-bond donors (Lipinski definition) is 1. The third-order valence-electron chi connectivity index (χ3n) is 5.11. The lowest BCUT2D eigenvalue weighted by Crippen LogP contribution is -2.41. The van der Waals surface area contributed by atoms with Gasteiger partial charge in [-0.25, -0.2) is 16.8 Å². The normalized spacial score (nSPS) is 14.7. The SMILES string of the molecule is CS(=O)(=O)N(CC(=O)NCCOc1ccc(S(=O)(=O)N2CCCC2)cc1)c1cccc(Cl)c1Cl. The van der Waals surface area contributed by atoms with Gasteiger partial charge in [0.15, 0.2) is 0 Å². The average molecular weight is 550 g/mol. The molecule has 3 rings (SSSR count). The van der Waals surface area contributed by atoms with Crippen LogP contribution in [0.5, 0.6) is 5.75 Å². The van der Waals surface area contributed by atoms with E-state index in [1.165, 1.54) is 34.6 Å². The number of halogens is 2. The number of anilines is 1. The van der Waals surface area contributed by atoms with Crippen molar-refractivity contribution in [3.05, 3.63) is 52.5 Å². The highest BCUT2D eigenvalue weighted by Crippen LogP contribution is 2.33. The van der Waals surface area contributed by atoms with E-state index >= 15 is 0 Å². The smallest absolute Gasteiger partial charge is 0.243 e. The number of hydrogen-bond acceptors (Lipinski definition) is 6. The quantitative estimate of drug-likeness (QED) is 0.456. The second-order valence-electron chi connectivity index (χ2n) is 7.62. The van der Waals surface area contributed by atoms with Gasteiger partial charge in [0.25, 0.3) is 0 Å². The molecule has 0 atom stereocenters. The minimum atomic E-state index is -3.80. The molecule has 1 amide bonds. The topological polar surface area (TPSA) is 113 Å². The van der Waals surface area contributed by atoms with E-state index in [9.17, 15) is 21.6 Å². The van der Waals surface area contributed by atoms with Crippen LogP contribution < -0.4 is 14.4 Å². The highest BCUT2D eigenvalue weighted by molar-refractivity contribution is 7.92. The van der Waals surface area contributed by atoms with Gasteiger partial charge in [0.05, 0.1) is 33.4 Å². The van der Waals surface area contributed by atoms with E-state index in [1.807, 2.05) is 0 Å². The van der Waals surface area contributed by atoms with Gasteiger partial charge in [0.2, 0.25) is 26.0 Å². The summed E-state index contributed by atoms with van der Waals surface area (Å²) in [6.45, 7) is 0.775. The Morgan fingerprint density at radius 2 is 1.71 bits per heavy atom. The lowest BCUT2D eigenvalue weighted by Gasteiger charge is -2.23. The number of nitrogens with zero attached hydrogens (tertiary/aromatic N) is 2. The zero-order chi connectivity index (χ0) is 24.9. The van der Waals surface area contributed by atoms with Crippen molar-refractivity contribution in [2.24, 2.45) is 0 Å². The molecule has 9 nitrogen and oxygen atoms in total. The fraction of sp³-hybridized carbons (Fsp3) is 0.381. The number of ether oxygens (including phenoxy) is 1. The van der Waals surface area contributed by atoms with E-state index in [4.69, 9.17) is 27.9 Å². The fourth-order valence-corrected chi connectivity index (χ4v) is 6.22. The maximum Gasteiger partial charge on any atom is 0.243 e. The Labute approximate surface area is 209 Å². The van der Waals surface area contributed by atoms with Crippen LogP contribution in [0.2, 0.25) is 10.0 Å². The molecule has 0 aromatic heterocycles. The van der Waals surface area contributed by atoms with Gasteiger partial charge in [-0.2, -0.15) is 4.31 Å². The Hall–Kier alpha value is -2.05. The Morgan fingerprint density at radius 1 is 1.06 bits per heavy atom. The molecule has 1 heterocycles. The van der Waals surface area contributed by atoms with Crippen LogP contribution >= 0.6 is 23.2 Å². The molecule has 1 fully saturated rings. The molecule has 13 heteroatoms. The first-order valence-electron chi connectivity index (χ1n) is 10.4. The molecule has 0 unspecified atom stereocenters. The third-order valence-corrected chi connectivity index (χ3v) is 8.96. The zero-order valence-corrected chi connectivity index (χ0v) is 21.6. The van der Waals surface area contributed by atoms with Gasteiger partial charge in [-0.15, -0.1) is 0 Å². The van der Waals surface area contributed by atoms with Crippen LogP contribution in [0.15, 0.2) is 47.4 Å². The Bertz CT molecular complexity index is 1230. The highest BCUT2D eigenvalue weighted by Gasteiger charge is 2.27. The van der Waals surface area contributed by atoms with Gasteiger partial charge in [0, 0.05) is 13.1 Å². The third kappa shape index (κ3) is 6.54. The Balaban J connectivity index is 1.52. The number of carbonyl (C=O) groups is 1. The van der Waals surface area contributed by atoms with Gasteiger partial charge in [0.1, 0.15) is 18.9 Å². The molecule has 0 spiro atoms. The molecule has 1 aliphatic rings. The number of rotatable bonds is 10.